The van der Waals surface area contributed by atoms with E-state index in [1.165, 1.54) is 0 Å². The van der Waals surface area contributed by atoms with Crippen LogP contribution in [0.3, 0.4) is 0 Å². The van der Waals surface area contributed by atoms with Gasteiger partial charge in [-0.2, -0.15) is 0 Å². The normalized spacial score (nSPS) is 10.9. The predicted octanol–water partition coefficient (Wildman–Crippen LogP) is 2.24. The molecule has 0 aliphatic rings. The second-order valence-electron chi connectivity index (χ2n) is 23.7. The Morgan fingerprint density at radius 3 is 0.354 bits per heavy atom. The number of hydrogen-bond donors (Lipinski definition) is 0. The average Bonchev–Trinajstić information content (AvgIpc) is 2.46. The van der Waals surface area contributed by atoms with E-state index < -0.39 is 71.6 Å². The van der Waals surface area contributed by atoms with Crippen molar-refractivity contribution >= 4 is 71.6 Å². The van der Waals surface area contributed by atoms with Gasteiger partial charge in [0.1, 0.15) is 0 Å². The van der Waals surface area contributed by atoms with E-state index in [4.69, 9.17) is 0 Å². The molecule has 99 heavy (non-hydrogen) atoms. The van der Waals surface area contributed by atoms with Crippen LogP contribution >= 0.6 is 0 Å². The molecule has 0 aliphatic carbocycles. The van der Waals surface area contributed by atoms with Crippen LogP contribution in [0.1, 0.15) is 364 Å². The number of unbranched alkanes of at least 4 members (excludes halogenated alkanes) is 24. The van der Waals surface area contributed by atoms with E-state index in [2.05, 4.69) is 27.7 Å². The van der Waals surface area contributed by atoms with Crippen molar-refractivity contribution in [3.63, 3.8) is 0 Å². The number of rotatable bonds is 56. The zero-order valence-electron chi connectivity index (χ0n) is 61.5. The van der Waals surface area contributed by atoms with Crippen LogP contribution < -0.4 is 61.3 Å². The molecule has 27 heteroatoms. The first kappa shape index (κ1) is 121. The summed E-state index contributed by atoms with van der Waals surface area (Å²) in [5.41, 5.74) is 0. The van der Waals surface area contributed by atoms with Gasteiger partial charge in [-0.05, 0) is 178 Å². The molecule has 0 saturated heterocycles. The molecule has 0 spiro atoms. The van der Waals surface area contributed by atoms with E-state index in [1.807, 2.05) is 27.7 Å². The second-order valence-corrected chi connectivity index (χ2v) is 23.7. The van der Waals surface area contributed by atoms with Crippen molar-refractivity contribution in [3.05, 3.63) is 0 Å². The Labute approximate surface area is 695 Å². The first-order valence-corrected chi connectivity index (χ1v) is 35.8. The molecule has 0 rings (SSSR count). The van der Waals surface area contributed by atoms with Gasteiger partial charge in [0.2, 0.25) is 0 Å². The fourth-order valence-corrected chi connectivity index (χ4v) is 8.74. The third-order valence-corrected chi connectivity index (χ3v) is 15.0. The third kappa shape index (κ3) is 126. The maximum Gasteiger partial charge on any atom is 4.00 e. The van der Waals surface area contributed by atoms with Crippen LogP contribution in [0.25, 0.3) is 0 Å². The average molecular weight is 1790 g/mol. The Morgan fingerprint density at radius 1 is 0.182 bits per heavy atom. The minimum atomic E-state index is -0.998. The zero-order valence-corrected chi connectivity index (χ0v) is 71.0. The van der Waals surface area contributed by atoms with Gasteiger partial charge < -0.3 is 119 Å². The molecule has 0 aromatic carbocycles. The van der Waals surface area contributed by atoms with Gasteiger partial charge in [0.05, 0.1) is 0 Å². The molecule has 4 unspecified atom stereocenters. The number of carboxylic acids is 12. The quantitative estimate of drug-likeness (QED) is 0.0788. The first-order chi connectivity index (χ1) is 45.4. The third-order valence-electron chi connectivity index (χ3n) is 15.0. The van der Waals surface area contributed by atoms with Gasteiger partial charge in [-0.25, -0.2) is 0 Å². The van der Waals surface area contributed by atoms with E-state index in [-0.39, 0.29) is 200 Å². The molecule has 4 atom stereocenters. The maximum absolute atomic E-state index is 10.3. The summed E-state index contributed by atoms with van der Waals surface area (Å²) in [6.07, 6.45) is 35.0. The Kier molecular flexibility index (Phi) is 119. The number of hydrogen-bond acceptors (Lipinski definition) is 24. The summed E-state index contributed by atoms with van der Waals surface area (Å²) in [5.74, 6) is -12.4. The molecular formula is C72H124Ce3O24. The van der Waals surface area contributed by atoms with Crippen LogP contribution in [0.15, 0.2) is 0 Å². The monoisotopic (exact) mass is 1790 g/mol. The van der Waals surface area contributed by atoms with Crippen LogP contribution in [0.2, 0.25) is 0 Å². The molecule has 0 radical (unpaired) electrons. The van der Waals surface area contributed by atoms with Gasteiger partial charge in [-0.15, -0.1) is 0 Å². The molecule has 24 nitrogen and oxygen atoms in total. The van der Waals surface area contributed by atoms with E-state index in [0.717, 1.165) is 180 Å². The summed E-state index contributed by atoms with van der Waals surface area (Å²) in [6, 6.07) is 0. The Bertz CT molecular complexity index is 1560. The van der Waals surface area contributed by atoms with Crippen molar-refractivity contribution in [2.24, 2.45) is 23.7 Å². The summed E-state index contributed by atoms with van der Waals surface area (Å²) in [7, 11) is 0. The molecule has 0 amide bonds. The minimum Gasteiger partial charge on any atom is -0.550 e. The largest absolute Gasteiger partial charge is 4.00 e. The van der Waals surface area contributed by atoms with Crippen LogP contribution in [-0.2, 0) is 57.5 Å². The molecule has 0 saturated carbocycles. The smallest absolute Gasteiger partial charge is 0.550 e. The van der Waals surface area contributed by atoms with Crippen LogP contribution in [0, 0.1) is 149 Å². The number of carbonyl (C=O) groups excluding carboxylic acids is 12. The fourth-order valence-electron chi connectivity index (χ4n) is 8.74. The van der Waals surface area contributed by atoms with Gasteiger partial charge in [0.15, 0.2) is 0 Å². The minimum absolute atomic E-state index is 0. The second kappa shape index (κ2) is 97.8. The standard InChI is InChI=1S/4C10H18O4.4C8H16O2.3Ce/c4*11-9(12)7-5-3-1-2-4-6-8-10(13)14;4*1-3-5-6-7(4-2)8(9)10;;;/h4*1-8H2,(H,11,12)(H,13,14);4*7H,3-6H2,1-2H3,(H,9,10);;;/q;;;;;;;;3*+4/p-12. The van der Waals surface area contributed by atoms with E-state index in [1.54, 1.807) is 0 Å². The summed E-state index contributed by atoms with van der Waals surface area (Å²) in [4.78, 5) is 122. The molecular weight excluding hydrogens is 1670 g/mol. The zero-order chi connectivity index (χ0) is 75.2. The molecule has 0 aliphatic heterocycles. The Balaban J connectivity index is -0.0000000994. The maximum atomic E-state index is 10.3. The van der Waals surface area contributed by atoms with Gasteiger partial charge in [0, 0.05) is 71.6 Å². The van der Waals surface area contributed by atoms with Crippen molar-refractivity contribution in [1.82, 2.24) is 0 Å². The fraction of sp³-hybridized carbons (Fsp3) is 0.833. The van der Waals surface area contributed by atoms with Gasteiger partial charge in [-0.3, -0.25) is 0 Å². The molecule has 0 bridgehead atoms. The van der Waals surface area contributed by atoms with Crippen molar-refractivity contribution in [1.29, 1.82) is 0 Å². The first-order valence-electron chi connectivity index (χ1n) is 35.8. The molecule has 0 heterocycles. The Hall–Kier alpha value is -2.23. The topological polar surface area (TPSA) is 482 Å². The number of aliphatic carboxylic acids is 12. The van der Waals surface area contributed by atoms with Gasteiger partial charge >= 0.3 is 125 Å². The molecule has 0 N–H and O–H groups in total. The SMILES string of the molecule is CCCCC(CC)C(=O)[O-].CCCCC(CC)C(=O)[O-].CCCCC(CC)C(=O)[O-].CCCCC(CC)C(=O)[O-].O=C([O-])CCCCCCCCC(=O)[O-].O=C([O-])CCCCCCCCC(=O)[O-].O=C([O-])CCCCCCCCC(=O)[O-].O=C([O-])CCCCCCCCC(=O)[O-].[Ce+4].[Ce+4].[Ce+4]. The van der Waals surface area contributed by atoms with Crippen molar-refractivity contribution < 1.29 is 244 Å². The van der Waals surface area contributed by atoms with Crippen molar-refractivity contribution in [3.8, 4) is 0 Å². The van der Waals surface area contributed by atoms with E-state index in [0.29, 0.717) is 77.0 Å². The predicted molar refractivity (Wildman–Crippen MR) is 341 cm³/mol. The van der Waals surface area contributed by atoms with Gasteiger partial charge in [-0.1, -0.05) is 209 Å². The number of carboxylic acid groups (broad SMARTS) is 12. The molecule has 568 valence electrons. The summed E-state index contributed by atoms with van der Waals surface area (Å²) in [6.45, 7) is 15.8. The molecule has 0 aromatic rings. The van der Waals surface area contributed by atoms with Crippen molar-refractivity contribution in [2.75, 3.05) is 0 Å². The Morgan fingerprint density at radius 2 is 0.283 bits per heavy atom. The van der Waals surface area contributed by atoms with Gasteiger partial charge in [0.25, 0.3) is 0 Å². The van der Waals surface area contributed by atoms with Crippen LogP contribution in [0.4, 0.5) is 0 Å². The van der Waals surface area contributed by atoms with Crippen LogP contribution in [0.5, 0.6) is 0 Å². The van der Waals surface area contributed by atoms with Crippen molar-refractivity contribution in [2.45, 2.75) is 364 Å². The molecule has 0 aromatic heterocycles. The summed E-state index contributed by atoms with van der Waals surface area (Å²) >= 11 is 0. The summed E-state index contributed by atoms with van der Waals surface area (Å²) < 4.78 is 0. The summed E-state index contributed by atoms with van der Waals surface area (Å²) in [5, 5.41) is 122. The van der Waals surface area contributed by atoms with E-state index >= 15 is 0 Å². The van der Waals surface area contributed by atoms with E-state index in [9.17, 15) is 119 Å². The van der Waals surface area contributed by atoms with Crippen LogP contribution in [-0.4, -0.2) is 71.6 Å². The molecule has 0 fully saturated rings. The number of carbonyl (C=O) groups is 12.